The van der Waals surface area contributed by atoms with E-state index in [2.05, 4.69) is 15.8 Å². The number of hydrogen-bond donors (Lipinski definition) is 3. The molecule has 0 saturated heterocycles. The maximum absolute atomic E-state index is 11.7. The van der Waals surface area contributed by atoms with E-state index in [1.807, 2.05) is 6.07 Å². The molecule has 0 bridgehead atoms. The zero-order valence-electron chi connectivity index (χ0n) is 13.8. The molecular weight excluding hydrogens is 370 g/mol. The zero-order valence-corrected chi connectivity index (χ0v) is 14.6. The van der Waals surface area contributed by atoms with Crippen LogP contribution in [0.4, 0.5) is 10.5 Å². The molecular formula is C19H14ClN3O4. The van der Waals surface area contributed by atoms with Crippen LogP contribution in [0.25, 0.3) is 11.3 Å². The second-order valence-electron chi connectivity index (χ2n) is 5.39. The minimum Gasteiger partial charge on any atom is -0.478 e. The summed E-state index contributed by atoms with van der Waals surface area (Å²) in [6.45, 7) is 0. The number of carbonyl (C=O) groups excluding carboxylic acids is 1. The molecule has 27 heavy (non-hydrogen) atoms. The van der Waals surface area contributed by atoms with Crippen LogP contribution < -0.4 is 10.7 Å². The molecule has 0 aliphatic carbocycles. The van der Waals surface area contributed by atoms with Gasteiger partial charge in [-0.25, -0.2) is 15.0 Å². The van der Waals surface area contributed by atoms with Crippen LogP contribution >= 0.6 is 11.6 Å². The van der Waals surface area contributed by atoms with Crippen LogP contribution in [0.15, 0.2) is 70.2 Å². The number of carboxylic acids is 1. The van der Waals surface area contributed by atoms with Crippen molar-refractivity contribution in [1.29, 1.82) is 0 Å². The number of furan rings is 1. The fourth-order valence-electron chi connectivity index (χ4n) is 2.25. The van der Waals surface area contributed by atoms with Gasteiger partial charge >= 0.3 is 12.0 Å². The van der Waals surface area contributed by atoms with E-state index in [0.29, 0.717) is 22.8 Å². The lowest BCUT2D eigenvalue weighted by atomic mass is 10.1. The minimum atomic E-state index is -1.12. The van der Waals surface area contributed by atoms with Gasteiger partial charge in [-0.2, -0.15) is 5.10 Å². The Morgan fingerprint density at radius 3 is 2.59 bits per heavy atom. The Labute approximate surface area is 159 Å². The van der Waals surface area contributed by atoms with Crippen molar-refractivity contribution in [2.24, 2.45) is 5.10 Å². The summed E-state index contributed by atoms with van der Waals surface area (Å²) in [5.74, 6) is -0.287. The van der Waals surface area contributed by atoms with Gasteiger partial charge in [0.1, 0.15) is 11.5 Å². The summed E-state index contributed by atoms with van der Waals surface area (Å²) in [6.07, 6.45) is 1.34. The average Bonchev–Trinajstić information content (AvgIpc) is 3.11. The topological polar surface area (TPSA) is 104 Å². The fourth-order valence-corrected chi connectivity index (χ4v) is 2.45. The first-order valence-corrected chi connectivity index (χ1v) is 8.19. The van der Waals surface area contributed by atoms with Crippen LogP contribution in [0.5, 0.6) is 0 Å². The van der Waals surface area contributed by atoms with Crippen molar-refractivity contribution >= 4 is 35.5 Å². The van der Waals surface area contributed by atoms with Gasteiger partial charge in [-0.05, 0) is 42.5 Å². The maximum atomic E-state index is 11.7. The lowest BCUT2D eigenvalue weighted by Crippen LogP contribution is -2.24. The molecule has 1 heterocycles. The van der Waals surface area contributed by atoms with E-state index in [-0.39, 0.29) is 10.6 Å². The number of urea groups is 1. The Morgan fingerprint density at radius 1 is 1.07 bits per heavy atom. The summed E-state index contributed by atoms with van der Waals surface area (Å²) in [5.41, 5.74) is 3.51. The van der Waals surface area contributed by atoms with E-state index in [0.717, 1.165) is 0 Å². The minimum absolute atomic E-state index is 0.0139. The van der Waals surface area contributed by atoms with Crippen LogP contribution in [0, 0.1) is 0 Å². The smallest absolute Gasteiger partial charge is 0.339 e. The molecule has 0 atom stereocenters. The number of halogens is 1. The van der Waals surface area contributed by atoms with Gasteiger partial charge in [0.15, 0.2) is 0 Å². The Morgan fingerprint density at radius 2 is 1.85 bits per heavy atom. The predicted octanol–water partition coefficient (Wildman–Crippen LogP) is 4.45. The van der Waals surface area contributed by atoms with Crippen molar-refractivity contribution in [3.05, 3.63) is 77.0 Å². The highest BCUT2D eigenvalue weighted by atomic mass is 35.5. The fraction of sp³-hybridized carbons (Fsp3) is 0. The highest BCUT2D eigenvalue weighted by Gasteiger charge is 2.12. The maximum Gasteiger partial charge on any atom is 0.339 e. The summed E-state index contributed by atoms with van der Waals surface area (Å²) in [4.78, 5) is 22.9. The Hall–Kier alpha value is -3.58. The van der Waals surface area contributed by atoms with E-state index in [1.54, 1.807) is 42.5 Å². The zero-order chi connectivity index (χ0) is 19.2. The van der Waals surface area contributed by atoms with Crippen molar-refractivity contribution in [3.8, 4) is 11.3 Å². The number of nitrogens with one attached hydrogen (secondary N) is 2. The van der Waals surface area contributed by atoms with Crippen molar-refractivity contribution in [3.63, 3.8) is 0 Å². The molecule has 8 heteroatoms. The quantitative estimate of drug-likeness (QED) is 0.447. The molecule has 0 saturated carbocycles. The number of rotatable bonds is 5. The van der Waals surface area contributed by atoms with Crippen LogP contribution in [0.2, 0.25) is 5.02 Å². The predicted molar refractivity (Wildman–Crippen MR) is 102 cm³/mol. The number of hydrazone groups is 1. The largest absolute Gasteiger partial charge is 0.478 e. The van der Waals surface area contributed by atoms with Crippen molar-refractivity contribution < 1.29 is 19.1 Å². The van der Waals surface area contributed by atoms with Crippen molar-refractivity contribution in [1.82, 2.24) is 5.43 Å². The molecule has 136 valence electrons. The summed E-state index contributed by atoms with van der Waals surface area (Å²) in [5, 5.41) is 15.7. The number of aromatic carboxylic acids is 1. The Balaban J connectivity index is 1.64. The highest BCUT2D eigenvalue weighted by molar-refractivity contribution is 6.33. The van der Waals surface area contributed by atoms with E-state index in [1.165, 1.54) is 18.3 Å². The molecule has 0 radical (unpaired) electrons. The van der Waals surface area contributed by atoms with E-state index in [9.17, 15) is 9.59 Å². The van der Waals surface area contributed by atoms with Gasteiger partial charge in [-0.1, -0.05) is 29.8 Å². The second-order valence-corrected chi connectivity index (χ2v) is 5.80. The molecule has 0 aliphatic heterocycles. The molecule has 1 aromatic heterocycles. The number of hydrogen-bond acceptors (Lipinski definition) is 4. The number of anilines is 1. The molecule has 3 aromatic rings. The first-order valence-electron chi connectivity index (χ1n) is 7.81. The molecule has 0 fully saturated rings. The molecule has 0 unspecified atom stereocenters. The van der Waals surface area contributed by atoms with Gasteiger partial charge in [0.25, 0.3) is 0 Å². The lowest BCUT2D eigenvalue weighted by molar-refractivity contribution is 0.0697. The third-order valence-corrected chi connectivity index (χ3v) is 3.83. The molecule has 2 amide bonds. The first-order chi connectivity index (χ1) is 13.0. The van der Waals surface area contributed by atoms with Gasteiger partial charge in [0.05, 0.1) is 16.8 Å². The van der Waals surface area contributed by atoms with E-state index >= 15 is 0 Å². The van der Waals surface area contributed by atoms with Gasteiger partial charge < -0.3 is 14.8 Å². The summed E-state index contributed by atoms with van der Waals surface area (Å²) < 4.78 is 5.59. The first kappa shape index (κ1) is 18.2. The molecule has 7 nitrogen and oxygen atoms in total. The number of para-hydroxylation sites is 1. The summed E-state index contributed by atoms with van der Waals surface area (Å²) >= 11 is 5.86. The monoisotopic (exact) mass is 383 g/mol. The van der Waals surface area contributed by atoms with Crippen LogP contribution in [0.1, 0.15) is 16.1 Å². The SMILES string of the molecule is O=C(N/N=C\c1ccc(-c2ccc(Cl)c(C(=O)O)c2)o1)Nc1ccccc1. The highest BCUT2D eigenvalue weighted by Crippen LogP contribution is 2.26. The number of amides is 2. The Bertz CT molecular complexity index is 999. The summed E-state index contributed by atoms with van der Waals surface area (Å²) in [7, 11) is 0. The molecule has 0 spiro atoms. The van der Waals surface area contributed by atoms with Crippen LogP contribution in [0.3, 0.4) is 0 Å². The van der Waals surface area contributed by atoms with E-state index < -0.39 is 12.0 Å². The van der Waals surface area contributed by atoms with Crippen LogP contribution in [-0.4, -0.2) is 23.3 Å². The van der Waals surface area contributed by atoms with Gasteiger partial charge in [-0.15, -0.1) is 0 Å². The number of carboxylic acid groups (broad SMARTS) is 1. The standard InChI is InChI=1S/C19H14ClN3O4/c20-16-8-6-12(10-15(16)18(24)25)17-9-7-14(27-17)11-21-23-19(26)22-13-4-2-1-3-5-13/h1-11H,(H,24,25)(H2,22,23,26)/b21-11-. The molecule has 3 N–H and O–H groups in total. The van der Waals surface area contributed by atoms with E-state index in [4.69, 9.17) is 21.1 Å². The number of nitrogens with zero attached hydrogens (tertiary/aromatic N) is 1. The van der Waals surface area contributed by atoms with Crippen molar-refractivity contribution in [2.45, 2.75) is 0 Å². The Kier molecular flexibility index (Phi) is 5.53. The normalized spacial score (nSPS) is 10.7. The van der Waals surface area contributed by atoms with Crippen molar-refractivity contribution in [2.75, 3.05) is 5.32 Å². The molecule has 0 aliphatic rings. The molecule has 3 rings (SSSR count). The number of benzene rings is 2. The average molecular weight is 384 g/mol. The van der Waals surface area contributed by atoms with Crippen LogP contribution in [-0.2, 0) is 0 Å². The third kappa shape index (κ3) is 4.74. The second kappa shape index (κ2) is 8.20. The third-order valence-electron chi connectivity index (χ3n) is 3.50. The molecule has 2 aromatic carbocycles. The van der Waals surface area contributed by atoms with Gasteiger partial charge in [-0.3, -0.25) is 0 Å². The van der Waals surface area contributed by atoms with Gasteiger partial charge in [0.2, 0.25) is 0 Å². The summed E-state index contributed by atoms with van der Waals surface area (Å²) in [6, 6.07) is 16.3. The van der Waals surface area contributed by atoms with Gasteiger partial charge in [0, 0.05) is 11.3 Å². The number of carbonyl (C=O) groups is 2. The lowest BCUT2D eigenvalue weighted by Gasteiger charge is -2.03.